The number of aromatic amines is 1. The number of hydrogen-bond donors (Lipinski definition) is 7. The molecule has 18 nitrogen and oxygen atoms in total. The SMILES string of the molecule is CO[C@](F)(COP(=O)(O)OP(=O)(O)OP(=O)(O)O)[C@@H](O)[C@@](C)(F)n1cnc2c(=O)[nH]c(N)nc21. The molecular formula is C11H18F2N5O13P3. The highest BCUT2D eigenvalue weighted by molar-refractivity contribution is 7.66. The highest BCUT2D eigenvalue weighted by atomic mass is 31.3. The fourth-order valence-electron chi connectivity index (χ4n) is 2.49. The zero-order chi connectivity index (χ0) is 26.3. The van der Waals surface area contributed by atoms with Crippen LogP contribution in [-0.4, -0.2) is 69.9 Å². The topological polar surface area (TPSA) is 279 Å². The van der Waals surface area contributed by atoms with Gasteiger partial charge in [-0.15, -0.1) is 0 Å². The first-order chi connectivity index (χ1) is 15.2. The van der Waals surface area contributed by atoms with Gasteiger partial charge in [-0.25, -0.2) is 27.5 Å². The van der Waals surface area contributed by atoms with Crippen molar-refractivity contribution in [2.75, 3.05) is 19.5 Å². The standard InChI is InChI=1S/C11H18F2N5O13P3/c1-10(12,18-4-15-5-6(18)16-9(14)17-7(5)19)8(20)11(13,28-2)3-29-33(24,25)31-34(26,27)30-32(21,22)23/h4,8,20H,3H2,1-2H3,(H,24,25)(H,26,27)(H2,21,22,23)(H3,14,16,17,19)/t8-,10-,11+/m0/s1. The molecule has 0 bridgehead atoms. The minimum Gasteiger partial charge on any atom is -0.382 e. The third kappa shape index (κ3) is 6.51. The van der Waals surface area contributed by atoms with Crippen LogP contribution < -0.4 is 11.3 Å². The van der Waals surface area contributed by atoms with Gasteiger partial charge in [0.05, 0.1) is 6.33 Å². The van der Waals surface area contributed by atoms with E-state index in [9.17, 15) is 28.5 Å². The average molecular weight is 559 g/mol. The number of nitrogens with zero attached hydrogens (tertiary/aromatic N) is 3. The molecule has 2 rings (SSSR count). The Bertz CT molecular complexity index is 1260. The van der Waals surface area contributed by atoms with Crippen molar-refractivity contribution in [2.24, 2.45) is 0 Å². The summed E-state index contributed by atoms with van der Waals surface area (Å²) in [5.41, 5.74) is 3.52. The number of phosphoric ester groups is 1. The molecule has 2 heterocycles. The lowest BCUT2D eigenvalue weighted by Gasteiger charge is -2.36. The van der Waals surface area contributed by atoms with Crippen molar-refractivity contribution >= 4 is 40.6 Å². The molecule has 2 unspecified atom stereocenters. The molecule has 8 N–H and O–H groups in total. The quantitative estimate of drug-likeness (QED) is 0.169. The molecule has 0 aliphatic heterocycles. The molecule has 0 aliphatic carbocycles. The summed E-state index contributed by atoms with van der Waals surface area (Å²) >= 11 is 0. The summed E-state index contributed by atoms with van der Waals surface area (Å²) in [7, 11) is -16.9. The van der Waals surface area contributed by atoms with Gasteiger partial charge < -0.3 is 35.2 Å². The molecule has 0 saturated heterocycles. The molecule has 0 fully saturated rings. The number of phosphoric acid groups is 3. The van der Waals surface area contributed by atoms with Crippen LogP contribution in [0, 0.1) is 0 Å². The number of imidazole rings is 1. The fraction of sp³-hybridized carbons (Fsp3) is 0.545. The van der Waals surface area contributed by atoms with Crippen LogP contribution in [0.2, 0.25) is 0 Å². The van der Waals surface area contributed by atoms with Crippen LogP contribution in [0.1, 0.15) is 6.92 Å². The van der Waals surface area contributed by atoms with Gasteiger partial charge in [-0.1, -0.05) is 0 Å². The normalized spacial score (nSPS) is 20.7. The number of halogens is 2. The van der Waals surface area contributed by atoms with E-state index in [0.29, 0.717) is 24.9 Å². The summed E-state index contributed by atoms with van der Waals surface area (Å²) in [6, 6.07) is 0. The number of aliphatic hydroxyl groups is 1. The zero-order valence-corrected chi connectivity index (χ0v) is 19.6. The number of anilines is 1. The smallest absolute Gasteiger partial charge is 0.382 e. The van der Waals surface area contributed by atoms with Gasteiger partial charge in [0.1, 0.15) is 6.61 Å². The Balaban J connectivity index is 2.30. The lowest BCUT2D eigenvalue weighted by atomic mass is 10.0. The van der Waals surface area contributed by atoms with Crippen molar-refractivity contribution in [3.8, 4) is 0 Å². The molecule has 0 saturated carbocycles. The molecule has 0 amide bonds. The van der Waals surface area contributed by atoms with E-state index in [-0.39, 0.29) is 0 Å². The number of alkyl halides is 2. The van der Waals surface area contributed by atoms with Crippen LogP contribution in [0.15, 0.2) is 11.1 Å². The van der Waals surface area contributed by atoms with Gasteiger partial charge in [-0.2, -0.15) is 13.6 Å². The molecule has 2 aromatic rings. The highest BCUT2D eigenvalue weighted by Gasteiger charge is 2.54. The second kappa shape index (κ2) is 9.42. The summed E-state index contributed by atoms with van der Waals surface area (Å²) in [5.74, 6) is -7.43. The van der Waals surface area contributed by atoms with E-state index in [2.05, 4.69) is 32.8 Å². The van der Waals surface area contributed by atoms with Crippen LogP contribution in [0.3, 0.4) is 0 Å². The number of hydrogen-bond acceptors (Lipinski definition) is 12. The van der Waals surface area contributed by atoms with Crippen LogP contribution in [0.5, 0.6) is 0 Å². The number of nitrogens with one attached hydrogen (secondary N) is 1. The van der Waals surface area contributed by atoms with Crippen molar-refractivity contribution in [2.45, 2.75) is 24.7 Å². The molecule has 0 spiro atoms. The molecular weight excluding hydrogens is 541 g/mol. The number of ether oxygens (including phenoxy) is 1. The lowest BCUT2D eigenvalue weighted by Crippen LogP contribution is -2.55. The van der Waals surface area contributed by atoms with Crippen molar-refractivity contribution in [1.82, 2.24) is 19.5 Å². The average Bonchev–Trinajstić information content (AvgIpc) is 3.07. The van der Waals surface area contributed by atoms with Gasteiger partial charge in [0, 0.05) is 7.11 Å². The molecule has 5 atom stereocenters. The van der Waals surface area contributed by atoms with Crippen LogP contribution in [0.25, 0.3) is 11.2 Å². The van der Waals surface area contributed by atoms with E-state index in [1.165, 1.54) is 0 Å². The van der Waals surface area contributed by atoms with Crippen LogP contribution >= 0.6 is 23.5 Å². The summed E-state index contributed by atoms with van der Waals surface area (Å²) in [4.78, 5) is 56.7. The van der Waals surface area contributed by atoms with Crippen molar-refractivity contribution in [3.63, 3.8) is 0 Å². The van der Waals surface area contributed by atoms with Gasteiger partial charge in [-0.05, 0) is 6.92 Å². The Morgan fingerprint density at radius 1 is 1.21 bits per heavy atom. The fourth-order valence-corrected chi connectivity index (χ4v) is 5.53. The van der Waals surface area contributed by atoms with Crippen molar-refractivity contribution in [3.05, 3.63) is 16.7 Å². The third-order valence-corrected chi connectivity index (χ3v) is 7.77. The lowest BCUT2D eigenvalue weighted by molar-refractivity contribution is -0.254. The molecule has 0 aromatic carbocycles. The van der Waals surface area contributed by atoms with E-state index in [0.717, 1.165) is 0 Å². The summed E-state index contributed by atoms with van der Waals surface area (Å²) in [5, 5.41) is 10.4. The van der Waals surface area contributed by atoms with Crippen LogP contribution in [-0.2, 0) is 37.4 Å². The number of aliphatic hydroxyl groups excluding tert-OH is 1. The van der Waals surface area contributed by atoms with Gasteiger partial charge in [0.25, 0.3) is 11.4 Å². The molecule has 34 heavy (non-hydrogen) atoms. The highest BCUT2D eigenvalue weighted by Crippen LogP contribution is 2.66. The first-order valence-corrected chi connectivity index (χ1v) is 12.9. The summed E-state index contributed by atoms with van der Waals surface area (Å²) in [6.45, 7) is -1.27. The number of methoxy groups -OCH3 is 1. The minimum absolute atomic E-state index is 0.400. The zero-order valence-electron chi connectivity index (χ0n) is 16.9. The molecule has 0 aliphatic rings. The Kier molecular flexibility index (Phi) is 7.92. The second-order valence-corrected chi connectivity index (χ2v) is 10.9. The van der Waals surface area contributed by atoms with Gasteiger partial charge in [0.15, 0.2) is 17.3 Å². The third-order valence-electron chi connectivity index (χ3n) is 3.98. The number of H-pyrrole nitrogens is 1. The van der Waals surface area contributed by atoms with E-state index in [1.807, 2.05) is 0 Å². The van der Waals surface area contributed by atoms with E-state index in [4.69, 9.17) is 20.4 Å². The Labute approximate surface area is 186 Å². The number of rotatable bonds is 11. The van der Waals surface area contributed by atoms with Gasteiger partial charge in [-0.3, -0.25) is 18.9 Å². The summed E-state index contributed by atoms with van der Waals surface area (Å²) < 4.78 is 80.2. The number of fused-ring (bicyclic) bond motifs is 1. The maximum Gasteiger partial charge on any atom is 0.490 e. The van der Waals surface area contributed by atoms with Crippen molar-refractivity contribution in [1.29, 1.82) is 0 Å². The maximum atomic E-state index is 15.6. The molecule has 23 heteroatoms. The first-order valence-electron chi connectivity index (χ1n) is 8.36. The van der Waals surface area contributed by atoms with Crippen LogP contribution in [0.4, 0.5) is 14.7 Å². The Hall–Kier alpha value is -1.66. The molecule has 0 radical (unpaired) electrons. The largest absolute Gasteiger partial charge is 0.490 e. The summed E-state index contributed by atoms with van der Waals surface area (Å²) in [6.07, 6.45) is -2.27. The maximum absolute atomic E-state index is 15.6. The van der Waals surface area contributed by atoms with E-state index in [1.54, 1.807) is 0 Å². The van der Waals surface area contributed by atoms with Gasteiger partial charge >= 0.3 is 23.5 Å². The second-order valence-electron chi connectivity index (χ2n) is 6.52. The van der Waals surface area contributed by atoms with E-state index < -0.39 is 70.5 Å². The van der Waals surface area contributed by atoms with Gasteiger partial charge in [0.2, 0.25) is 11.7 Å². The predicted octanol–water partition coefficient (Wildman–Crippen LogP) is -0.640. The first kappa shape index (κ1) is 28.6. The van der Waals surface area contributed by atoms with E-state index >= 15 is 8.78 Å². The Morgan fingerprint density at radius 2 is 1.79 bits per heavy atom. The molecule has 2 aromatic heterocycles. The monoisotopic (exact) mass is 559 g/mol. The van der Waals surface area contributed by atoms with Crippen molar-refractivity contribution < 1.29 is 65.0 Å². The number of aromatic nitrogens is 4. The minimum atomic E-state index is -5.92. The Morgan fingerprint density at radius 3 is 2.32 bits per heavy atom. The predicted molar refractivity (Wildman–Crippen MR) is 104 cm³/mol. The number of nitrogens with two attached hydrogens (primary N) is 1. The molecule has 194 valence electrons. The number of nitrogen functional groups attached to an aromatic ring is 1.